The van der Waals surface area contributed by atoms with Crippen LogP contribution in [0.3, 0.4) is 0 Å². The Kier molecular flexibility index (Phi) is 13.5. The lowest BCUT2D eigenvalue weighted by Gasteiger charge is -2.05. The summed E-state index contributed by atoms with van der Waals surface area (Å²) in [6.45, 7) is 2.50. The highest BCUT2D eigenvalue weighted by Crippen LogP contribution is 2.10. The first-order valence-corrected chi connectivity index (χ1v) is 10.1. The lowest BCUT2D eigenvalue weighted by Crippen LogP contribution is -2.14. The molecule has 0 rings (SSSR count). The van der Waals surface area contributed by atoms with Gasteiger partial charge in [-0.1, -0.05) is 64.7 Å². The number of hydrogen-bond acceptors (Lipinski definition) is 6. The minimum atomic E-state index is -4.81. The standard InChI is InChI=1S/C16H30O7S/c1-2-3-4-5-6-7-8-9-10-11-14-22-15(17)12-13-16(18)23-24(19,20)21/h2-14H2,1H3,(H,19,20,21). The first-order chi connectivity index (χ1) is 11.3. The van der Waals surface area contributed by atoms with Gasteiger partial charge in [0.15, 0.2) is 0 Å². The predicted molar refractivity (Wildman–Crippen MR) is 89.7 cm³/mol. The number of rotatable bonds is 15. The Balaban J connectivity index is 3.39. The Hall–Kier alpha value is -1.15. The molecule has 142 valence electrons. The van der Waals surface area contributed by atoms with Crippen molar-refractivity contribution in [3.8, 4) is 0 Å². The summed E-state index contributed by atoms with van der Waals surface area (Å²) in [7, 11) is -4.81. The second kappa shape index (κ2) is 14.2. The molecule has 0 aliphatic rings. The number of carbonyl (C=O) groups excluding carboxylic acids is 2. The topological polar surface area (TPSA) is 107 Å². The second-order valence-corrected chi connectivity index (χ2v) is 6.81. The van der Waals surface area contributed by atoms with E-state index in [9.17, 15) is 18.0 Å². The first-order valence-electron chi connectivity index (χ1n) is 8.70. The highest BCUT2D eigenvalue weighted by atomic mass is 32.3. The van der Waals surface area contributed by atoms with Crippen LogP contribution in [-0.4, -0.2) is 31.5 Å². The lowest BCUT2D eigenvalue weighted by atomic mass is 10.1. The summed E-state index contributed by atoms with van der Waals surface area (Å²) in [5, 5.41) is 0. The molecule has 0 aliphatic heterocycles. The Labute approximate surface area is 145 Å². The molecule has 0 fully saturated rings. The minimum Gasteiger partial charge on any atom is -0.466 e. The highest BCUT2D eigenvalue weighted by molar-refractivity contribution is 7.81. The van der Waals surface area contributed by atoms with Crippen molar-refractivity contribution in [3.63, 3.8) is 0 Å². The van der Waals surface area contributed by atoms with Gasteiger partial charge in [-0.25, -0.2) is 0 Å². The van der Waals surface area contributed by atoms with Crippen LogP contribution < -0.4 is 0 Å². The molecule has 0 atom stereocenters. The molecule has 0 saturated carbocycles. The molecule has 7 nitrogen and oxygen atoms in total. The van der Waals surface area contributed by atoms with Gasteiger partial charge in [-0.2, -0.15) is 8.42 Å². The van der Waals surface area contributed by atoms with Crippen molar-refractivity contribution in [1.82, 2.24) is 0 Å². The van der Waals surface area contributed by atoms with Crippen molar-refractivity contribution >= 4 is 22.3 Å². The molecule has 0 heterocycles. The molecule has 0 radical (unpaired) electrons. The molecular weight excluding hydrogens is 336 g/mol. The highest BCUT2D eigenvalue weighted by Gasteiger charge is 2.15. The Morgan fingerprint density at radius 1 is 0.792 bits per heavy atom. The summed E-state index contributed by atoms with van der Waals surface area (Å²) in [4.78, 5) is 22.3. The molecule has 1 N–H and O–H groups in total. The summed E-state index contributed by atoms with van der Waals surface area (Å²) in [6.07, 6.45) is 11.1. The molecule has 0 aromatic heterocycles. The fraction of sp³-hybridized carbons (Fsp3) is 0.875. The van der Waals surface area contributed by atoms with E-state index in [1.807, 2.05) is 0 Å². The lowest BCUT2D eigenvalue weighted by molar-refractivity contribution is -0.147. The maximum atomic E-state index is 11.3. The van der Waals surface area contributed by atoms with Crippen LogP contribution in [0.1, 0.15) is 84.0 Å². The van der Waals surface area contributed by atoms with E-state index in [-0.39, 0.29) is 6.42 Å². The number of ether oxygens (including phenoxy) is 1. The zero-order chi connectivity index (χ0) is 18.3. The molecule has 0 saturated heterocycles. The average Bonchev–Trinajstić information content (AvgIpc) is 2.49. The molecule has 0 unspecified atom stereocenters. The van der Waals surface area contributed by atoms with E-state index in [1.165, 1.54) is 44.9 Å². The third kappa shape index (κ3) is 17.2. The Morgan fingerprint density at radius 3 is 1.75 bits per heavy atom. The largest absolute Gasteiger partial charge is 0.466 e. The van der Waals surface area contributed by atoms with Crippen molar-refractivity contribution < 1.29 is 31.5 Å². The summed E-state index contributed by atoms with van der Waals surface area (Å²) in [6, 6.07) is 0. The van der Waals surface area contributed by atoms with Crippen molar-refractivity contribution in [2.24, 2.45) is 0 Å². The van der Waals surface area contributed by atoms with Crippen LogP contribution >= 0.6 is 0 Å². The van der Waals surface area contributed by atoms with Gasteiger partial charge in [-0.05, 0) is 6.42 Å². The Morgan fingerprint density at radius 2 is 1.25 bits per heavy atom. The van der Waals surface area contributed by atoms with Crippen molar-refractivity contribution in [2.75, 3.05) is 6.61 Å². The molecule has 0 amide bonds. The molecule has 0 spiro atoms. The van der Waals surface area contributed by atoms with E-state index in [2.05, 4.69) is 11.1 Å². The maximum absolute atomic E-state index is 11.3. The molecule has 8 heteroatoms. The summed E-state index contributed by atoms with van der Waals surface area (Å²) in [5.74, 6) is -1.77. The van der Waals surface area contributed by atoms with Crippen molar-refractivity contribution in [2.45, 2.75) is 84.0 Å². The predicted octanol–water partition coefficient (Wildman–Crippen LogP) is 3.58. The van der Waals surface area contributed by atoms with E-state index in [4.69, 9.17) is 9.29 Å². The second-order valence-electron chi connectivity index (χ2n) is 5.79. The first kappa shape index (κ1) is 22.9. The van der Waals surface area contributed by atoms with E-state index in [1.54, 1.807) is 0 Å². The van der Waals surface area contributed by atoms with Gasteiger partial charge < -0.3 is 8.92 Å². The molecule has 24 heavy (non-hydrogen) atoms. The zero-order valence-corrected chi connectivity index (χ0v) is 15.3. The minimum absolute atomic E-state index is 0.272. The molecule has 0 aromatic carbocycles. The van der Waals surface area contributed by atoms with Gasteiger partial charge in [-0.15, -0.1) is 0 Å². The van der Waals surface area contributed by atoms with Crippen LogP contribution in [0.25, 0.3) is 0 Å². The smallest absolute Gasteiger partial charge is 0.448 e. The van der Waals surface area contributed by atoms with Gasteiger partial charge in [0.2, 0.25) is 0 Å². The van der Waals surface area contributed by atoms with Crippen molar-refractivity contribution in [1.29, 1.82) is 0 Å². The summed E-state index contributed by atoms with van der Waals surface area (Å²) < 4.78 is 37.4. The maximum Gasteiger partial charge on any atom is 0.448 e. The number of esters is 1. The fourth-order valence-electron chi connectivity index (χ4n) is 2.21. The van der Waals surface area contributed by atoms with Crippen LogP contribution in [-0.2, 0) is 28.9 Å². The van der Waals surface area contributed by atoms with Crippen LogP contribution in [0.4, 0.5) is 0 Å². The monoisotopic (exact) mass is 366 g/mol. The van der Waals surface area contributed by atoms with Gasteiger partial charge >= 0.3 is 22.3 Å². The Bertz CT molecular complexity index is 445. The summed E-state index contributed by atoms with van der Waals surface area (Å²) >= 11 is 0. The average molecular weight is 366 g/mol. The third-order valence-corrected chi connectivity index (χ3v) is 3.89. The van der Waals surface area contributed by atoms with Crippen LogP contribution in [0.5, 0.6) is 0 Å². The van der Waals surface area contributed by atoms with Gasteiger partial charge in [0, 0.05) is 0 Å². The molecular formula is C16H30O7S. The molecule has 0 bridgehead atoms. The SMILES string of the molecule is CCCCCCCCCCCCOC(=O)CCC(=O)OS(=O)(=O)O. The van der Waals surface area contributed by atoms with Crippen LogP contribution in [0, 0.1) is 0 Å². The van der Waals surface area contributed by atoms with E-state index < -0.39 is 28.8 Å². The normalized spacial score (nSPS) is 11.2. The number of hydrogen-bond donors (Lipinski definition) is 1. The fourth-order valence-corrected chi connectivity index (χ4v) is 2.53. The van der Waals surface area contributed by atoms with E-state index >= 15 is 0 Å². The van der Waals surface area contributed by atoms with Crippen molar-refractivity contribution in [3.05, 3.63) is 0 Å². The van der Waals surface area contributed by atoms with Crippen LogP contribution in [0.2, 0.25) is 0 Å². The molecule has 0 aromatic rings. The van der Waals surface area contributed by atoms with Gasteiger partial charge in [0.05, 0.1) is 19.4 Å². The van der Waals surface area contributed by atoms with Gasteiger partial charge in [-0.3, -0.25) is 14.1 Å². The molecule has 0 aliphatic carbocycles. The van der Waals surface area contributed by atoms with Gasteiger partial charge in [0.25, 0.3) is 0 Å². The van der Waals surface area contributed by atoms with Crippen LogP contribution in [0.15, 0.2) is 0 Å². The number of unbranched alkanes of at least 4 members (excludes halogenated alkanes) is 9. The zero-order valence-electron chi connectivity index (χ0n) is 14.5. The third-order valence-electron chi connectivity index (χ3n) is 3.49. The van der Waals surface area contributed by atoms with E-state index in [0.717, 1.165) is 19.3 Å². The summed E-state index contributed by atoms with van der Waals surface area (Å²) in [5.41, 5.74) is 0. The van der Waals surface area contributed by atoms with Gasteiger partial charge in [0.1, 0.15) is 0 Å². The van der Waals surface area contributed by atoms with E-state index in [0.29, 0.717) is 6.61 Å². The number of carbonyl (C=O) groups is 2. The quantitative estimate of drug-likeness (QED) is 0.268.